The van der Waals surface area contributed by atoms with E-state index in [9.17, 15) is 9.18 Å². The molecule has 8 heteroatoms. The summed E-state index contributed by atoms with van der Waals surface area (Å²) >= 11 is 7.40. The van der Waals surface area contributed by atoms with Crippen LogP contribution in [0.5, 0.6) is 0 Å². The third kappa shape index (κ3) is 3.45. The number of H-pyrrole nitrogens is 1. The van der Waals surface area contributed by atoms with Crippen LogP contribution in [0.15, 0.2) is 41.8 Å². The van der Waals surface area contributed by atoms with E-state index in [0.29, 0.717) is 12.1 Å². The first-order valence-electron chi connectivity index (χ1n) is 8.20. The van der Waals surface area contributed by atoms with Gasteiger partial charge in [0.05, 0.1) is 15.6 Å². The van der Waals surface area contributed by atoms with E-state index in [1.807, 2.05) is 23.6 Å². The number of rotatable bonds is 4. The molecule has 1 saturated heterocycles. The maximum atomic E-state index is 13.2. The number of benzene rings is 1. The molecule has 1 aliphatic rings. The van der Waals surface area contributed by atoms with Gasteiger partial charge in [-0.1, -0.05) is 17.7 Å². The number of thiophene rings is 1. The average Bonchev–Trinajstić information content (AvgIpc) is 3.37. The molecule has 134 valence electrons. The summed E-state index contributed by atoms with van der Waals surface area (Å²) in [5, 5.41) is 12.4. The Morgan fingerprint density at radius 2 is 2.27 bits per heavy atom. The SMILES string of the molecule is O=C(N[C@@H]1CCN(c2cc(-c3cccs3)[nH]n2)C1)c1ccc(F)c(Cl)c1. The molecule has 26 heavy (non-hydrogen) atoms. The molecule has 4 rings (SSSR count). The fourth-order valence-electron chi connectivity index (χ4n) is 3.02. The molecule has 1 fully saturated rings. The Hall–Kier alpha value is -2.38. The second-order valence-electron chi connectivity index (χ2n) is 6.15. The molecule has 0 spiro atoms. The Kier molecular flexibility index (Phi) is 4.65. The molecular formula is C18H16ClFN4OS. The Bertz CT molecular complexity index is 927. The van der Waals surface area contributed by atoms with Gasteiger partial charge < -0.3 is 10.2 Å². The highest BCUT2D eigenvalue weighted by atomic mass is 35.5. The van der Waals surface area contributed by atoms with E-state index in [1.54, 1.807) is 11.3 Å². The minimum atomic E-state index is -0.532. The van der Waals surface area contributed by atoms with E-state index in [2.05, 4.69) is 20.4 Å². The number of halogens is 2. The van der Waals surface area contributed by atoms with Gasteiger partial charge in [0.2, 0.25) is 0 Å². The third-order valence-corrected chi connectivity index (χ3v) is 5.57. The molecule has 0 aliphatic carbocycles. The number of carbonyl (C=O) groups excluding carboxylic acids is 1. The van der Waals surface area contributed by atoms with Crippen LogP contribution in [0.4, 0.5) is 10.2 Å². The van der Waals surface area contributed by atoms with Crippen LogP contribution in [-0.4, -0.2) is 35.2 Å². The Balaban J connectivity index is 1.39. The Labute approximate surface area is 158 Å². The third-order valence-electron chi connectivity index (χ3n) is 4.38. The fourth-order valence-corrected chi connectivity index (χ4v) is 3.90. The normalized spacial score (nSPS) is 16.8. The van der Waals surface area contributed by atoms with Gasteiger partial charge in [0.15, 0.2) is 5.82 Å². The molecule has 1 amide bonds. The summed E-state index contributed by atoms with van der Waals surface area (Å²) in [6.45, 7) is 1.49. The molecule has 2 N–H and O–H groups in total. The van der Waals surface area contributed by atoms with Gasteiger partial charge in [-0.25, -0.2) is 4.39 Å². The first-order valence-corrected chi connectivity index (χ1v) is 9.46. The molecule has 1 atom stereocenters. The molecule has 3 aromatic rings. The van der Waals surface area contributed by atoms with Gasteiger partial charge in [-0.3, -0.25) is 9.89 Å². The van der Waals surface area contributed by atoms with Gasteiger partial charge >= 0.3 is 0 Å². The average molecular weight is 391 g/mol. The fraction of sp³-hybridized carbons (Fsp3) is 0.222. The van der Waals surface area contributed by atoms with Crippen molar-refractivity contribution in [2.45, 2.75) is 12.5 Å². The van der Waals surface area contributed by atoms with Crippen LogP contribution in [0, 0.1) is 5.82 Å². The number of aromatic nitrogens is 2. The van der Waals surface area contributed by atoms with Crippen molar-refractivity contribution in [1.29, 1.82) is 0 Å². The number of amides is 1. The van der Waals surface area contributed by atoms with Crippen LogP contribution in [-0.2, 0) is 0 Å². The number of hydrogen-bond acceptors (Lipinski definition) is 4. The zero-order valence-electron chi connectivity index (χ0n) is 13.7. The van der Waals surface area contributed by atoms with E-state index in [4.69, 9.17) is 11.6 Å². The predicted octanol–water partition coefficient (Wildman–Crippen LogP) is 3.94. The quantitative estimate of drug-likeness (QED) is 0.709. The lowest BCUT2D eigenvalue weighted by Crippen LogP contribution is -2.37. The maximum Gasteiger partial charge on any atom is 0.251 e. The molecule has 2 aromatic heterocycles. The summed E-state index contributed by atoms with van der Waals surface area (Å²) in [5.74, 6) is 0.0883. The van der Waals surface area contributed by atoms with Gasteiger partial charge in [-0.15, -0.1) is 11.3 Å². The van der Waals surface area contributed by atoms with Crippen molar-refractivity contribution in [2.75, 3.05) is 18.0 Å². The second-order valence-corrected chi connectivity index (χ2v) is 7.51. The summed E-state index contributed by atoms with van der Waals surface area (Å²) in [6, 6.07) is 10.1. The van der Waals surface area contributed by atoms with Gasteiger partial charge in [-0.2, -0.15) is 5.10 Å². The van der Waals surface area contributed by atoms with E-state index in [1.165, 1.54) is 18.2 Å². The highest BCUT2D eigenvalue weighted by Crippen LogP contribution is 2.27. The molecule has 0 saturated carbocycles. The molecule has 0 unspecified atom stereocenters. The lowest BCUT2D eigenvalue weighted by atomic mass is 10.2. The van der Waals surface area contributed by atoms with Crippen LogP contribution in [0.25, 0.3) is 10.6 Å². The van der Waals surface area contributed by atoms with Gasteiger partial charge in [0.25, 0.3) is 5.91 Å². The highest BCUT2D eigenvalue weighted by Gasteiger charge is 2.26. The van der Waals surface area contributed by atoms with Crippen LogP contribution in [0.2, 0.25) is 5.02 Å². The van der Waals surface area contributed by atoms with Crippen molar-refractivity contribution in [3.05, 3.63) is 58.2 Å². The van der Waals surface area contributed by atoms with E-state index in [-0.39, 0.29) is 17.0 Å². The summed E-state index contributed by atoms with van der Waals surface area (Å²) < 4.78 is 13.2. The smallest absolute Gasteiger partial charge is 0.251 e. The Morgan fingerprint density at radius 3 is 3.04 bits per heavy atom. The minimum absolute atomic E-state index is 0.00761. The minimum Gasteiger partial charge on any atom is -0.353 e. The highest BCUT2D eigenvalue weighted by molar-refractivity contribution is 7.13. The largest absolute Gasteiger partial charge is 0.353 e. The molecule has 3 heterocycles. The molecule has 1 aliphatic heterocycles. The second kappa shape index (κ2) is 7.09. The topological polar surface area (TPSA) is 61.0 Å². The molecular weight excluding hydrogens is 375 g/mol. The molecule has 0 bridgehead atoms. The molecule has 0 radical (unpaired) electrons. The zero-order chi connectivity index (χ0) is 18.1. The van der Waals surface area contributed by atoms with E-state index >= 15 is 0 Å². The van der Waals surface area contributed by atoms with Crippen molar-refractivity contribution in [1.82, 2.24) is 15.5 Å². The van der Waals surface area contributed by atoms with Crippen LogP contribution in [0.1, 0.15) is 16.8 Å². The first kappa shape index (κ1) is 17.1. The van der Waals surface area contributed by atoms with E-state index in [0.717, 1.165) is 29.4 Å². The summed E-state index contributed by atoms with van der Waals surface area (Å²) in [6.07, 6.45) is 0.821. The number of nitrogens with one attached hydrogen (secondary N) is 2. The monoisotopic (exact) mass is 390 g/mol. The van der Waals surface area contributed by atoms with E-state index < -0.39 is 5.82 Å². The molecule has 1 aromatic carbocycles. The van der Waals surface area contributed by atoms with Gasteiger partial charge in [0, 0.05) is 30.8 Å². The number of carbonyl (C=O) groups is 1. The van der Waals surface area contributed by atoms with Crippen molar-refractivity contribution < 1.29 is 9.18 Å². The van der Waals surface area contributed by atoms with Crippen molar-refractivity contribution in [2.24, 2.45) is 0 Å². The Morgan fingerprint density at radius 1 is 1.38 bits per heavy atom. The lowest BCUT2D eigenvalue weighted by Gasteiger charge is -2.16. The molecule has 5 nitrogen and oxygen atoms in total. The predicted molar refractivity (Wildman–Crippen MR) is 101 cm³/mol. The lowest BCUT2D eigenvalue weighted by molar-refractivity contribution is 0.0940. The van der Waals surface area contributed by atoms with Crippen LogP contribution >= 0.6 is 22.9 Å². The maximum absolute atomic E-state index is 13.2. The van der Waals surface area contributed by atoms with Crippen molar-refractivity contribution >= 4 is 34.7 Å². The van der Waals surface area contributed by atoms with Gasteiger partial charge in [0.1, 0.15) is 5.82 Å². The summed E-state index contributed by atoms with van der Waals surface area (Å²) in [5.41, 5.74) is 1.35. The number of aromatic amines is 1. The van der Waals surface area contributed by atoms with Crippen LogP contribution < -0.4 is 10.2 Å². The van der Waals surface area contributed by atoms with Crippen molar-refractivity contribution in [3.63, 3.8) is 0 Å². The summed E-state index contributed by atoms with van der Waals surface area (Å²) in [4.78, 5) is 15.6. The van der Waals surface area contributed by atoms with Crippen molar-refractivity contribution in [3.8, 4) is 10.6 Å². The standard InChI is InChI=1S/C18H16ClFN4OS/c19-13-8-11(3-4-14(13)20)18(25)21-12-5-6-24(10-12)17-9-15(22-23-17)16-2-1-7-26-16/h1-4,7-9,12H,5-6,10H2,(H,21,25)(H,22,23)/t12-/m1/s1. The first-order chi connectivity index (χ1) is 12.6. The number of anilines is 1. The zero-order valence-corrected chi connectivity index (χ0v) is 15.3. The van der Waals surface area contributed by atoms with Crippen LogP contribution in [0.3, 0.4) is 0 Å². The van der Waals surface area contributed by atoms with Gasteiger partial charge in [-0.05, 0) is 36.1 Å². The number of hydrogen-bond donors (Lipinski definition) is 2. The number of nitrogens with zero attached hydrogens (tertiary/aromatic N) is 2. The summed E-state index contributed by atoms with van der Waals surface area (Å²) in [7, 11) is 0.